The second-order valence-corrected chi connectivity index (χ2v) is 7.00. The number of nitrogens with one attached hydrogen (secondary N) is 1. The molecule has 17 heavy (non-hydrogen) atoms. The quantitative estimate of drug-likeness (QED) is 0.878. The Bertz CT molecular complexity index is 488. The number of hydrogen-bond donors (Lipinski definition) is 1. The van der Waals surface area contributed by atoms with E-state index in [-0.39, 0.29) is 0 Å². The van der Waals surface area contributed by atoms with E-state index in [1.54, 1.807) is 12.1 Å². The minimum atomic E-state index is -3.10. The Kier molecular flexibility index (Phi) is 3.54. The molecule has 1 fully saturated rings. The molecule has 0 aromatic heterocycles. The molecule has 0 saturated carbocycles. The summed E-state index contributed by atoms with van der Waals surface area (Å²) in [5.74, 6) is 0.712. The fraction of sp³-hybridized carbons (Fsp3) is 0.538. The van der Waals surface area contributed by atoms with Crippen LogP contribution in [0.3, 0.4) is 0 Å². The van der Waals surface area contributed by atoms with Crippen LogP contribution in [0.2, 0.25) is 0 Å². The van der Waals surface area contributed by atoms with Crippen molar-refractivity contribution in [1.29, 1.82) is 0 Å². The zero-order valence-electron chi connectivity index (χ0n) is 10.3. The van der Waals surface area contributed by atoms with Gasteiger partial charge < -0.3 is 5.32 Å². The number of sulfone groups is 1. The number of rotatable bonds is 2. The van der Waals surface area contributed by atoms with Crippen molar-refractivity contribution in [2.24, 2.45) is 5.92 Å². The average Bonchev–Trinajstić information content (AvgIpc) is 2.29. The number of piperidine rings is 1. The smallest absolute Gasteiger partial charge is 0.175 e. The molecule has 1 saturated heterocycles. The monoisotopic (exact) mass is 253 g/mol. The van der Waals surface area contributed by atoms with E-state index in [2.05, 4.69) is 12.2 Å². The highest BCUT2D eigenvalue weighted by Crippen LogP contribution is 2.26. The topological polar surface area (TPSA) is 46.2 Å². The van der Waals surface area contributed by atoms with Gasteiger partial charge >= 0.3 is 0 Å². The molecule has 2 rings (SSSR count). The molecule has 1 heterocycles. The minimum absolute atomic E-state index is 0.299. The van der Waals surface area contributed by atoms with Gasteiger partial charge in [0.05, 0.1) is 4.90 Å². The van der Waals surface area contributed by atoms with E-state index in [4.69, 9.17) is 0 Å². The van der Waals surface area contributed by atoms with Crippen LogP contribution in [-0.2, 0) is 9.84 Å². The van der Waals surface area contributed by atoms with Crippen molar-refractivity contribution in [3.05, 3.63) is 29.8 Å². The standard InChI is InChI=1S/C13H19NO2S/c1-10-6-7-13(14-9-10)11-4-3-5-12(8-11)17(2,15)16/h3-5,8,10,13-14H,6-7,9H2,1-2H3. The Labute approximate surface area is 103 Å². The van der Waals surface area contributed by atoms with Crippen molar-refractivity contribution in [3.8, 4) is 0 Å². The van der Waals surface area contributed by atoms with Gasteiger partial charge in [0.25, 0.3) is 0 Å². The van der Waals surface area contributed by atoms with E-state index in [1.807, 2.05) is 12.1 Å². The van der Waals surface area contributed by atoms with Crippen LogP contribution in [0, 0.1) is 5.92 Å². The SMILES string of the molecule is CC1CCC(c2cccc(S(C)(=O)=O)c2)NC1. The second-order valence-electron chi connectivity index (χ2n) is 4.99. The summed E-state index contributed by atoms with van der Waals surface area (Å²) in [5.41, 5.74) is 1.08. The van der Waals surface area contributed by atoms with Crippen molar-refractivity contribution in [2.45, 2.75) is 30.7 Å². The van der Waals surface area contributed by atoms with Gasteiger partial charge in [0.1, 0.15) is 0 Å². The summed E-state index contributed by atoms with van der Waals surface area (Å²) in [4.78, 5) is 0.412. The molecule has 0 aliphatic carbocycles. The van der Waals surface area contributed by atoms with Gasteiger partial charge in [-0.3, -0.25) is 0 Å². The van der Waals surface area contributed by atoms with Gasteiger partial charge in [-0.15, -0.1) is 0 Å². The van der Waals surface area contributed by atoms with Crippen molar-refractivity contribution in [3.63, 3.8) is 0 Å². The lowest BCUT2D eigenvalue weighted by molar-refractivity contribution is 0.332. The van der Waals surface area contributed by atoms with E-state index in [0.717, 1.165) is 18.5 Å². The third-order valence-electron chi connectivity index (χ3n) is 3.35. The molecule has 2 atom stereocenters. The molecular weight excluding hydrogens is 234 g/mol. The molecule has 1 aromatic rings. The third kappa shape index (κ3) is 3.07. The number of hydrogen-bond acceptors (Lipinski definition) is 3. The molecule has 0 radical (unpaired) electrons. The molecule has 0 spiro atoms. The highest BCUT2D eigenvalue weighted by atomic mass is 32.2. The second kappa shape index (κ2) is 4.78. The Hall–Kier alpha value is -0.870. The van der Waals surface area contributed by atoms with Crippen LogP contribution in [0.15, 0.2) is 29.2 Å². The summed E-state index contributed by atoms with van der Waals surface area (Å²) >= 11 is 0. The van der Waals surface area contributed by atoms with Crippen LogP contribution in [0.4, 0.5) is 0 Å². The van der Waals surface area contributed by atoms with Crippen LogP contribution in [0.25, 0.3) is 0 Å². The highest BCUT2D eigenvalue weighted by molar-refractivity contribution is 7.90. The lowest BCUT2D eigenvalue weighted by Crippen LogP contribution is -2.31. The van der Waals surface area contributed by atoms with Crippen LogP contribution >= 0.6 is 0 Å². The summed E-state index contributed by atoms with van der Waals surface area (Å²) in [5, 5.41) is 3.47. The van der Waals surface area contributed by atoms with Crippen molar-refractivity contribution in [1.82, 2.24) is 5.32 Å². The van der Waals surface area contributed by atoms with E-state index in [0.29, 0.717) is 16.9 Å². The third-order valence-corrected chi connectivity index (χ3v) is 4.46. The molecule has 94 valence electrons. The predicted molar refractivity (Wildman–Crippen MR) is 68.7 cm³/mol. The first-order valence-corrected chi connectivity index (χ1v) is 7.89. The minimum Gasteiger partial charge on any atom is -0.310 e. The van der Waals surface area contributed by atoms with E-state index in [9.17, 15) is 8.42 Å². The van der Waals surface area contributed by atoms with Gasteiger partial charge in [0.2, 0.25) is 0 Å². The maximum absolute atomic E-state index is 11.5. The predicted octanol–water partition coefficient (Wildman–Crippen LogP) is 2.15. The lowest BCUT2D eigenvalue weighted by Gasteiger charge is -2.28. The zero-order chi connectivity index (χ0) is 12.5. The average molecular weight is 253 g/mol. The van der Waals surface area contributed by atoms with Gasteiger partial charge in [-0.25, -0.2) is 8.42 Å². The van der Waals surface area contributed by atoms with Gasteiger partial charge in [-0.1, -0.05) is 19.1 Å². The van der Waals surface area contributed by atoms with Crippen LogP contribution < -0.4 is 5.32 Å². The van der Waals surface area contributed by atoms with Gasteiger partial charge in [-0.05, 0) is 43.0 Å². The zero-order valence-corrected chi connectivity index (χ0v) is 11.1. The molecular formula is C13H19NO2S. The first-order chi connectivity index (χ1) is 7.97. The van der Waals surface area contributed by atoms with Crippen molar-refractivity contribution < 1.29 is 8.42 Å². The summed E-state index contributed by atoms with van der Waals surface area (Å²) in [6.07, 6.45) is 3.53. The van der Waals surface area contributed by atoms with Crippen LogP contribution in [0.5, 0.6) is 0 Å². The van der Waals surface area contributed by atoms with Gasteiger partial charge in [0.15, 0.2) is 9.84 Å². The maximum Gasteiger partial charge on any atom is 0.175 e. The molecule has 0 amide bonds. The van der Waals surface area contributed by atoms with E-state index >= 15 is 0 Å². The Morgan fingerprint density at radius 3 is 2.65 bits per heavy atom. The van der Waals surface area contributed by atoms with Gasteiger partial charge in [-0.2, -0.15) is 0 Å². The lowest BCUT2D eigenvalue weighted by atomic mass is 9.92. The van der Waals surface area contributed by atoms with E-state index in [1.165, 1.54) is 12.7 Å². The highest BCUT2D eigenvalue weighted by Gasteiger charge is 2.19. The summed E-state index contributed by atoms with van der Waals surface area (Å²) in [7, 11) is -3.10. The molecule has 3 nitrogen and oxygen atoms in total. The summed E-state index contributed by atoms with van der Waals surface area (Å²) in [6, 6.07) is 7.58. The van der Waals surface area contributed by atoms with Crippen molar-refractivity contribution in [2.75, 3.05) is 12.8 Å². The van der Waals surface area contributed by atoms with Gasteiger partial charge in [0, 0.05) is 12.3 Å². The van der Waals surface area contributed by atoms with Crippen molar-refractivity contribution >= 4 is 9.84 Å². The molecule has 1 aliphatic rings. The summed E-state index contributed by atoms with van der Waals surface area (Å²) in [6.45, 7) is 3.24. The molecule has 1 aliphatic heterocycles. The summed E-state index contributed by atoms with van der Waals surface area (Å²) < 4.78 is 23.0. The first-order valence-electron chi connectivity index (χ1n) is 6.00. The normalized spacial score (nSPS) is 25.8. The molecule has 4 heteroatoms. The Morgan fingerprint density at radius 1 is 1.29 bits per heavy atom. The molecule has 0 bridgehead atoms. The molecule has 1 aromatic carbocycles. The largest absolute Gasteiger partial charge is 0.310 e. The number of benzene rings is 1. The molecule has 2 unspecified atom stereocenters. The molecule has 1 N–H and O–H groups in total. The first kappa shape index (κ1) is 12.6. The van der Waals surface area contributed by atoms with Crippen LogP contribution in [-0.4, -0.2) is 21.2 Å². The van der Waals surface area contributed by atoms with Crippen LogP contribution in [0.1, 0.15) is 31.4 Å². The fourth-order valence-corrected chi connectivity index (χ4v) is 2.92. The Balaban J connectivity index is 2.22. The van der Waals surface area contributed by atoms with E-state index < -0.39 is 9.84 Å². The maximum atomic E-state index is 11.5. The Morgan fingerprint density at radius 2 is 2.06 bits per heavy atom. The fourth-order valence-electron chi connectivity index (χ4n) is 2.25.